The van der Waals surface area contributed by atoms with Gasteiger partial charge in [0.1, 0.15) is 0 Å². The number of rotatable bonds is 5. The lowest BCUT2D eigenvalue weighted by atomic mass is 10.0. The summed E-state index contributed by atoms with van der Waals surface area (Å²) in [5, 5.41) is 8.89. The summed E-state index contributed by atoms with van der Waals surface area (Å²) < 4.78 is 2.05. The summed E-state index contributed by atoms with van der Waals surface area (Å²) in [4.78, 5) is 14.9. The Bertz CT molecular complexity index is 509. The molecule has 1 unspecified atom stereocenters. The van der Waals surface area contributed by atoms with Gasteiger partial charge in [-0.15, -0.1) is 12.4 Å². The number of imidazole rings is 1. The number of carboxylic acid groups (broad SMARTS) is 1. The highest BCUT2D eigenvalue weighted by Crippen LogP contribution is 2.23. The predicted molar refractivity (Wildman–Crippen MR) is 75.9 cm³/mol. The minimum Gasteiger partial charge on any atom is -0.478 e. The van der Waals surface area contributed by atoms with Gasteiger partial charge in [0.05, 0.1) is 17.9 Å². The summed E-state index contributed by atoms with van der Waals surface area (Å²) in [5.74, 6) is -0.892. The van der Waals surface area contributed by atoms with E-state index in [0.717, 1.165) is 18.4 Å². The van der Waals surface area contributed by atoms with Crippen LogP contribution in [0.15, 0.2) is 43.0 Å². The summed E-state index contributed by atoms with van der Waals surface area (Å²) in [6.45, 7) is 2.13. The lowest BCUT2D eigenvalue weighted by Crippen LogP contribution is -2.09. The third-order valence-electron chi connectivity index (χ3n) is 2.99. The third-order valence-corrected chi connectivity index (χ3v) is 2.99. The van der Waals surface area contributed by atoms with Gasteiger partial charge in [-0.3, -0.25) is 0 Å². The molecule has 2 aromatic rings. The van der Waals surface area contributed by atoms with Crippen LogP contribution in [0.2, 0.25) is 0 Å². The highest BCUT2D eigenvalue weighted by Gasteiger charge is 2.12. The molecule has 0 saturated heterocycles. The molecule has 0 aliphatic carbocycles. The van der Waals surface area contributed by atoms with E-state index in [1.165, 1.54) is 0 Å². The van der Waals surface area contributed by atoms with Crippen LogP contribution in [0.25, 0.3) is 0 Å². The first kappa shape index (κ1) is 15.2. The van der Waals surface area contributed by atoms with Crippen molar-refractivity contribution >= 4 is 18.4 Å². The highest BCUT2D eigenvalue weighted by molar-refractivity contribution is 5.87. The van der Waals surface area contributed by atoms with Gasteiger partial charge >= 0.3 is 5.97 Å². The number of aromatic nitrogens is 2. The van der Waals surface area contributed by atoms with Crippen LogP contribution in [0.5, 0.6) is 0 Å². The molecule has 1 aromatic heterocycles. The van der Waals surface area contributed by atoms with Crippen LogP contribution in [0.3, 0.4) is 0 Å². The van der Waals surface area contributed by atoms with Gasteiger partial charge in [-0.1, -0.05) is 25.5 Å². The molecule has 1 N–H and O–H groups in total. The Morgan fingerprint density at radius 2 is 2.05 bits per heavy atom. The largest absolute Gasteiger partial charge is 0.478 e. The summed E-state index contributed by atoms with van der Waals surface area (Å²) in [6.07, 6.45) is 7.55. The molecule has 1 atom stereocenters. The van der Waals surface area contributed by atoms with Gasteiger partial charge in [0.2, 0.25) is 0 Å². The zero-order valence-electron chi connectivity index (χ0n) is 10.7. The number of carboxylic acids is 1. The topological polar surface area (TPSA) is 55.1 Å². The maximum atomic E-state index is 10.8. The standard InChI is InChI=1S/C14H16N2O2.ClH/c1-2-3-13(16-9-8-15-10-16)11-4-6-12(7-5-11)14(17)18;/h4-10,13H,2-3H2,1H3,(H,17,18);1H. The molecule has 0 aliphatic rings. The normalized spacial score (nSPS) is 11.6. The monoisotopic (exact) mass is 280 g/mol. The van der Waals surface area contributed by atoms with E-state index >= 15 is 0 Å². The molecule has 0 radical (unpaired) electrons. The van der Waals surface area contributed by atoms with Crippen LogP contribution in [0.1, 0.15) is 41.7 Å². The molecule has 102 valence electrons. The van der Waals surface area contributed by atoms with Gasteiger partial charge in [0, 0.05) is 12.4 Å². The van der Waals surface area contributed by atoms with Gasteiger partial charge in [0.15, 0.2) is 0 Å². The fourth-order valence-corrected chi connectivity index (χ4v) is 2.06. The molecule has 1 heterocycles. The highest BCUT2D eigenvalue weighted by atomic mass is 35.5. The number of hydrogen-bond donors (Lipinski definition) is 1. The Hall–Kier alpha value is -1.81. The number of carbonyl (C=O) groups is 1. The number of hydrogen-bond acceptors (Lipinski definition) is 2. The maximum absolute atomic E-state index is 10.8. The molecular formula is C14H17ClN2O2. The fraction of sp³-hybridized carbons (Fsp3) is 0.286. The maximum Gasteiger partial charge on any atom is 0.335 e. The molecule has 5 heteroatoms. The minimum absolute atomic E-state index is 0. The molecule has 0 amide bonds. The van der Waals surface area contributed by atoms with Crippen molar-refractivity contribution in [2.24, 2.45) is 0 Å². The summed E-state index contributed by atoms with van der Waals surface area (Å²) >= 11 is 0. The summed E-state index contributed by atoms with van der Waals surface area (Å²) in [5.41, 5.74) is 1.43. The van der Waals surface area contributed by atoms with Crippen LogP contribution >= 0.6 is 12.4 Å². The zero-order chi connectivity index (χ0) is 13.0. The first-order valence-electron chi connectivity index (χ1n) is 6.03. The Kier molecular flexibility index (Phi) is 5.57. The number of aromatic carboxylic acids is 1. The molecule has 2 rings (SSSR count). The van der Waals surface area contributed by atoms with Crippen molar-refractivity contribution in [2.75, 3.05) is 0 Å². The van der Waals surface area contributed by atoms with Gasteiger partial charge in [-0.2, -0.15) is 0 Å². The van der Waals surface area contributed by atoms with E-state index in [1.54, 1.807) is 24.7 Å². The van der Waals surface area contributed by atoms with Gasteiger partial charge in [-0.25, -0.2) is 9.78 Å². The Morgan fingerprint density at radius 1 is 1.37 bits per heavy atom. The van der Waals surface area contributed by atoms with E-state index < -0.39 is 5.97 Å². The molecule has 0 bridgehead atoms. The first-order valence-corrected chi connectivity index (χ1v) is 6.03. The van der Waals surface area contributed by atoms with Crippen molar-refractivity contribution in [3.8, 4) is 0 Å². The summed E-state index contributed by atoms with van der Waals surface area (Å²) in [7, 11) is 0. The molecule has 19 heavy (non-hydrogen) atoms. The molecule has 0 fully saturated rings. The lowest BCUT2D eigenvalue weighted by Gasteiger charge is -2.18. The molecule has 0 spiro atoms. The Labute approximate surface area is 118 Å². The van der Waals surface area contributed by atoms with Crippen LogP contribution in [-0.4, -0.2) is 20.6 Å². The van der Waals surface area contributed by atoms with Crippen molar-refractivity contribution in [1.29, 1.82) is 0 Å². The predicted octanol–water partition coefficient (Wildman–Crippen LogP) is 3.39. The Morgan fingerprint density at radius 3 is 2.53 bits per heavy atom. The van der Waals surface area contributed by atoms with Gasteiger partial charge in [-0.05, 0) is 24.1 Å². The lowest BCUT2D eigenvalue weighted by molar-refractivity contribution is 0.0697. The molecule has 0 saturated carbocycles. The number of halogens is 1. The van der Waals surface area contributed by atoms with E-state index in [1.807, 2.05) is 18.3 Å². The van der Waals surface area contributed by atoms with Crippen LogP contribution in [0.4, 0.5) is 0 Å². The van der Waals surface area contributed by atoms with E-state index in [9.17, 15) is 4.79 Å². The molecule has 0 aliphatic heterocycles. The summed E-state index contributed by atoms with van der Waals surface area (Å²) in [6, 6.07) is 7.28. The van der Waals surface area contributed by atoms with E-state index in [4.69, 9.17) is 5.11 Å². The van der Waals surface area contributed by atoms with Crippen LogP contribution in [-0.2, 0) is 0 Å². The fourth-order valence-electron chi connectivity index (χ4n) is 2.06. The zero-order valence-corrected chi connectivity index (χ0v) is 11.5. The average Bonchev–Trinajstić information content (AvgIpc) is 2.90. The van der Waals surface area contributed by atoms with Crippen molar-refractivity contribution in [2.45, 2.75) is 25.8 Å². The van der Waals surface area contributed by atoms with Gasteiger partial charge in [0.25, 0.3) is 0 Å². The van der Waals surface area contributed by atoms with Gasteiger partial charge < -0.3 is 9.67 Å². The van der Waals surface area contributed by atoms with Crippen molar-refractivity contribution < 1.29 is 9.90 Å². The van der Waals surface area contributed by atoms with E-state index in [2.05, 4.69) is 16.5 Å². The smallest absolute Gasteiger partial charge is 0.335 e. The minimum atomic E-state index is -0.892. The molecule has 1 aromatic carbocycles. The third kappa shape index (κ3) is 3.58. The molecule has 4 nitrogen and oxygen atoms in total. The average molecular weight is 281 g/mol. The first-order chi connectivity index (χ1) is 8.72. The SMILES string of the molecule is CCCC(c1ccc(C(=O)O)cc1)n1ccnc1.Cl. The van der Waals surface area contributed by atoms with E-state index in [0.29, 0.717) is 5.56 Å². The second kappa shape index (κ2) is 6.95. The van der Waals surface area contributed by atoms with E-state index in [-0.39, 0.29) is 18.4 Å². The van der Waals surface area contributed by atoms with Crippen molar-refractivity contribution in [3.05, 3.63) is 54.1 Å². The second-order valence-electron chi connectivity index (χ2n) is 4.24. The second-order valence-corrected chi connectivity index (χ2v) is 4.24. The number of benzene rings is 1. The Balaban J connectivity index is 0.00000180. The van der Waals surface area contributed by atoms with Crippen LogP contribution in [0, 0.1) is 0 Å². The van der Waals surface area contributed by atoms with Crippen LogP contribution < -0.4 is 0 Å². The quantitative estimate of drug-likeness (QED) is 0.913. The molecular weight excluding hydrogens is 264 g/mol. The number of nitrogens with zero attached hydrogens (tertiary/aromatic N) is 2. The van der Waals surface area contributed by atoms with Crippen molar-refractivity contribution in [1.82, 2.24) is 9.55 Å². The van der Waals surface area contributed by atoms with Crippen molar-refractivity contribution in [3.63, 3.8) is 0 Å².